The molecule has 0 atom stereocenters. The molecule has 0 saturated heterocycles. The number of alkyl halides is 3. The molecule has 3 nitrogen and oxygen atoms in total. The standard InChI is InChI=1S/C10H5F4NO2S/c1-17-9(16)6-2-5(4-15)7(11)3-8(6)18-10(12,13)14/h2-3H,1H3. The van der Waals surface area contributed by atoms with E-state index in [4.69, 9.17) is 5.26 Å². The monoisotopic (exact) mass is 279 g/mol. The molecule has 0 aliphatic carbocycles. The van der Waals surface area contributed by atoms with Crippen LogP contribution in [0.15, 0.2) is 17.0 Å². The topological polar surface area (TPSA) is 50.1 Å². The van der Waals surface area contributed by atoms with Crippen molar-refractivity contribution in [3.05, 3.63) is 29.1 Å². The van der Waals surface area contributed by atoms with Crippen molar-refractivity contribution in [2.75, 3.05) is 7.11 Å². The van der Waals surface area contributed by atoms with Gasteiger partial charge in [0.05, 0.1) is 18.2 Å². The van der Waals surface area contributed by atoms with E-state index in [-0.39, 0.29) is 0 Å². The lowest BCUT2D eigenvalue weighted by atomic mass is 10.1. The maximum Gasteiger partial charge on any atom is 0.446 e. The van der Waals surface area contributed by atoms with E-state index >= 15 is 0 Å². The predicted molar refractivity (Wildman–Crippen MR) is 54.4 cm³/mol. The molecular weight excluding hydrogens is 274 g/mol. The Morgan fingerprint density at radius 1 is 1.44 bits per heavy atom. The molecule has 0 aromatic heterocycles. The second-order valence-electron chi connectivity index (χ2n) is 2.98. The summed E-state index contributed by atoms with van der Waals surface area (Å²) in [5.74, 6) is -2.20. The van der Waals surface area contributed by atoms with E-state index in [1.807, 2.05) is 0 Å². The highest BCUT2D eigenvalue weighted by molar-refractivity contribution is 8.00. The van der Waals surface area contributed by atoms with Gasteiger partial charge in [0.2, 0.25) is 0 Å². The van der Waals surface area contributed by atoms with E-state index in [0.29, 0.717) is 6.07 Å². The first-order chi connectivity index (χ1) is 8.28. The third-order valence-electron chi connectivity index (χ3n) is 1.82. The summed E-state index contributed by atoms with van der Waals surface area (Å²) in [5, 5.41) is 8.55. The number of carbonyl (C=O) groups excluding carboxylic acids is 1. The van der Waals surface area contributed by atoms with Gasteiger partial charge < -0.3 is 4.74 Å². The average Bonchev–Trinajstić information content (AvgIpc) is 2.26. The number of ether oxygens (including phenoxy) is 1. The molecule has 1 rings (SSSR count). The molecule has 0 aliphatic heterocycles. The third kappa shape index (κ3) is 3.37. The Morgan fingerprint density at radius 3 is 2.50 bits per heavy atom. The lowest BCUT2D eigenvalue weighted by Gasteiger charge is -2.10. The second-order valence-corrected chi connectivity index (χ2v) is 4.09. The summed E-state index contributed by atoms with van der Waals surface area (Å²) in [6.45, 7) is 0. The number of nitrogens with zero attached hydrogens (tertiary/aromatic N) is 1. The highest BCUT2D eigenvalue weighted by atomic mass is 32.2. The van der Waals surface area contributed by atoms with E-state index in [0.717, 1.165) is 13.2 Å². The maximum absolute atomic E-state index is 13.2. The smallest absolute Gasteiger partial charge is 0.446 e. The van der Waals surface area contributed by atoms with Gasteiger partial charge in [0.25, 0.3) is 0 Å². The summed E-state index contributed by atoms with van der Waals surface area (Å²) >= 11 is -0.646. The fraction of sp³-hybridized carbons (Fsp3) is 0.200. The summed E-state index contributed by atoms with van der Waals surface area (Å²) in [6, 6.07) is 2.65. The van der Waals surface area contributed by atoms with Gasteiger partial charge in [-0.2, -0.15) is 18.4 Å². The highest BCUT2D eigenvalue weighted by Crippen LogP contribution is 2.39. The van der Waals surface area contributed by atoms with Gasteiger partial charge in [0.15, 0.2) is 0 Å². The van der Waals surface area contributed by atoms with Crippen LogP contribution in [-0.4, -0.2) is 18.6 Å². The normalized spacial score (nSPS) is 10.9. The number of thioether (sulfide) groups is 1. The van der Waals surface area contributed by atoms with Crippen molar-refractivity contribution in [2.24, 2.45) is 0 Å². The van der Waals surface area contributed by atoms with Crippen LogP contribution in [0.5, 0.6) is 0 Å². The number of benzene rings is 1. The Hall–Kier alpha value is -1.75. The van der Waals surface area contributed by atoms with Crippen LogP contribution >= 0.6 is 11.8 Å². The predicted octanol–water partition coefficient (Wildman–Crippen LogP) is 3.10. The van der Waals surface area contributed by atoms with Gasteiger partial charge in [-0.3, -0.25) is 0 Å². The van der Waals surface area contributed by atoms with Crippen molar-refractivity contribution in [3.8, 4) is 6.07 Å². The van der Waals surface area contributed by atoms with Crippen LogP contribution in [0, 0.1) is 17.1 Å². The van der Waals surface area contributed by atoms with E-state index in [1.165, 1.54) is 6.07 Å². The summed E-state index contributed by atoms with van der Waals surface area (Å²) in [7, 11) is 0.972. The van der Waals surface area contributed by atoms with Gasteiger partial charge in [-0.1, -0.05) is 0 Å². The van der Waals surface area contributed by atoms with E-state index < -0.39 is 45.1 Å². The average molecular weight is 279 g/mol. The Morgan fingerprint density at radius 2 is 2.06 bits per heavy atom. The first-order valence-electron chi connectivity index (χ1n) is 4.36. The number of carbonyl (C=O) groups is 1. The van der Waals surface area contributed by atoms with Gasteiger partial charge >= 0.3 is 11.5 Å². The van der Waals surface area contributed by atoms with Gasteiger partial charge in [-0.05, 0) is 23.9 Å². The second kappa shape index (κ2) is 5.27. The van der Waals surface area contributed by atoms with Crippen LogP contribution in [0.25, 0.3) is 0 Å². The largest absolute Gasteiger partial charge is 0.465 e. The van der Waals surface area contributed by atoms with Gasteiger partial charge in [-0.25, -0.2) is 9.18 Å². The molecule has 0 amide bonds. The minimum atomic E-state index is -4.68. The van der Waals surface area contributed by atoms with Crippen molar-refractivity contribution >= 4 is 17.7 Å². The molecule has 8 heteroatoms. The van der Waals surface area contributed by atoms with E-state index in [9.17, 15) is 22.4 Å². The molecule has 0 spiro atoms. The molecule has 0 fully saturated rings. The zero-order valence-corrected chi connectivity index (χ0v) is 9.66. The Labute approximate surface area is 103 Å². The van der Waals surface area contributed by atoms with Crippen molar-refractivity contribution < 1.29 is 27.1 Å². The van der Waals surface area contributed by atoms with Crippen LogP contribution in [0.3, 0.4) is 0 Å². The van der Waals surface area contributed by atoms with Crippen LogP contribution in [0.4, 0.5) is 17.6 Å². The van der Waals surface area contributed by atoms with Crippen molar-refractivity contribution in [1.29, 1.82) is 5.26 Å². The van der Waals surface area contributed by atoms with E-state index in [1.54, 1.807) is 0 Å². The molecule has 0 aliphatic rings. The fourth-order valence-electron chi connectivity index (χ4n) is 1.12. The lowest BCUT2D eigenvalue weighted by Crippen LogP contribution is -2.08. The van der Waals surface area contributed by atoms with Crippen LogP contribution in [0.2, 0.25) is 0 Å². The molecule has 0 bridgehead atoms. The number of halogens is 4. The van der Waals surface area contributed by atoms with Gasteiger partial charge in [0, 0.05) is 4.90 Å². The van der Waals surface area contributed by atoms with Crippen molar-refractivity contribution in [1.82, 2.24) is 0 Å². The quantitative estimate of drug-likeness (QED) is 0.474. The van der Waals surface area contributed by atoms with Gasteiger partial charge in [0.1, 0.15) is 11.9 Å². The number of methoxy groups -OCH3 is 1. The van der Waals surface area contributed by atoms with Gasteiger partial charge in [-0.15, -0.1) is 0 Å². The molecular formula is C10H5F4NO2S. The summed E-state index contributed by atoms with van der Waals surface area (Å²) in [5.41, 5.74) is -5.71. The number of esters is 1. The SMILES string of the molecule is COC(=O)c1cc(C#N)c(F)cc1SC(F)(F)F. The number of nitriles is 1. The number of hydrogen-bond donors (Lipinski definition) is 0. The molecule has 1 aromatic rings. The minimum Gasteiger partial charge on any atom is -0.465 e. The van der Waals surface area contributed by atoms with Crippen molar-refractivity contribution in [2.45, 2.75) is 10.4 Å². The third-order valence-corrected chi connectivity index (χ3v) is 2.61. The zero-order valence-electron chi connectivity index (χ0n) is 8.84. The van der Waals surface area contributed by atoms with Crippen LogP contribution in [-0.2, 0) is 4.74 Å². The molecule has 0 radical (unpaired) electrons. The Balaban J connectivity index is 3.35. The van der Waals surface area contributed by atoms with E-state index in [2.05, 4.69) is 4.74 Å². The minimum absolute atomic E-state index is 0.489. The zero-order chi connectivity index (χ0) is 13.9. The number of rotatable bonds is 2. The fourth-order valence-corrected chi connectivity index (χ4v) is 1.78. The van der Waals surface area contributed by atoms with Crippen LogP contribution < -0.4 is 0 Å². The summed E-state index contributed by atoms with van der Waals surface area (Å²) in [6.07, 6.45) is 0. The first kappa shape index (κ1) is 14.3. The molecule has 1 aromatic carbocycles. The Kier molecular flexibility index (Phi) is 4.19. The summed E-state index contributed by atoms with van der Waals surface area (Å²) in [4.78, 5) is 10.6. The molecule has 0 N–H and O–H groups in total. The molecule has 96 valence electrons. The highest BCUT2D eigenvalue weighted by Gasteiger charge is 2.32. The molecule has 0 unspecified atom stereocenters. The van der Waals surface area contributed by atoms with Crippen LogP contribution in [0.1, 0.15) is 15.9 Å². The first-order valence-corrected chi connectivity index (χ1v) is 5.18. The van der Waals surface area contributed by atoms with Crippen molar-refractivity contribution in [3.63, 3.8) is 0 Å². The molecule has 0 saturated carbocycles. The summed E-state index contributed by atoms with van der Waals surface area (Å²) < 4.78 is 54.2. The lowest BCUT2D eigenvalue weighted by molar-refractivity contribution is -0.0328. The number of hydrogen-bond acceptors (Lipinski definition) is 4. The molecule has 18 heavy (non-hydrogen) atoms. The maximum atomic E-state index is 13.2. The Bertz CT molecular complexity index is 522. The molecule has 0 heterocycles.